The highest BCUT2D eigenvalue weighted by molar-refractivity contribution is 7.89. The van der Waals surface area contributed by atoms with Crippen LogP contribution in [0.4, 0.5) is 0 Å². The van der Waals surface area contributed by atoms with Crippen LogP contribution in [0.15, 0.2) is 53.4 Å². The van der Waals surface area contributed by atoms with Crippen molar-refractivity contribution in [3.8, 4) is 5.75 Å². The maximum atomic E-state index is 12.3. The van der Waals surface area contributed by atoms with Crippen LogP contribution in [0.2, 0.25) is 0 Å². The molecule has 0 aromatic heterocycles. The van der Waals surface area contributed by atoms with E-state index >= 15 is 0 Å². The van der Waals surface area contributed by atoms with Crippen molar-refractivity contribution in [3.63, 3.8) is 0 Å². The van der Waals surface area contributed by atoms with Crippen molar-refractivity contribution in [3.05, 3.63) is 59.7 Å². The quantitative estimate of drug-likeness (QED) is 0.830. The lowest BCUT2D eigenvalue weighted by Gasteiger charge is -2.10. The van der Waals surface area contributed by atoms with Gasteiger partial charge in [-0.25, -0.2) is 13.1 Å². The van der Waals surface area contributed by atoms with Crippen LogP contribution in [0.3, 0.4) is 0 Å². The second-order valence-corrected chi connectivity index (χ2v) is 6.49. The first-order valence-electron chi connectivity index (χ1n) is 6.66. The Morgan fingerprint density at radius 3 is 2.55 bits per heavy atom. The van der Waals surface area contributed by atoms with Crippen LogP contribution in [0.25, 0.3) is 0 Å². The Morgan fingerprint density at radius 2 is 1.86 bits per heavy atom. The third-order valence-corrected chi connectivity index (χ3v) is 4.59. The molecule has 0 fully saturated rings. The lowest BCUT2D eigenvalue weighted by Crippen LogP contribution is -2.23. The summed E-state index contributed by atoms with van der Waals surface area (Å²) in [5.74, 6) is 0.435. The van der Waals surface area contributed by atoms with E-state index in [1.807, 2.05) is 12.1 Å². The van der Waals surface area contributed by atoms with Gasteiger partial charge < -0.3 is 4.74 Å². The highest BCUT2D eigenvalue weighted by Gasteiger charge is 2.16. The highest BCUT2D eigenvalue weighted by Crippen LogP contribution is 2.18. The van der Waals surface area contributed by atoms with Crippen LogP contribution in [-0.4, -0.2) is 21.3 Å². The zero-order valence-corrected chi connectivity index (χ0v) is 13.2. The minimum absolute atomic E-state index is 0.0649. The number of ketones is 1. The van der Waals surface area contributed by atoms with Crippen LogP contribution in [-0.2, 0) is 16.6 Å². The first-order chi connectivity index (χ1) is 10.4. The molecule has 6 heteroatoms. The molecule has 2 aromatic rings. The lowest BCUT2D eigenvalue weighted by molar-refractivity contribution is 0.101. The van der Waals surface area contributed by atoms with E-state index in [0.717, 1.165) is 5.56 Å². The van der Waals surface area contributed by atoms with Crippen LogP contribution >= 0.6 is 0 Å². The van der Waals surface area contributed by atoms with Crippen LogP contribution < -0.4 is 9.46 Å². The van der Waals surface area contributed by atoms with Gasteiger partial charge in [-0.2, -0.15) is 0 Å². The molecule has 22 heavy (non-hydrogen) atoms. The van der Waals surface area contributed by atoms with E-state index in [4.69, 9.17) is 4.74 Å². The molecule has 0 saturated carbocycles. The van der Waals surface area contributed by atoms with E-state index in [9.17, 15) is 13.2 Å². The molecule has 0 radical (unpaired) electrons. The number of benzene rings is 2. The Balaban J connectivity index is 2.21. The number of para-hydroxylation sites is 1. The second-order valence-electron chi connectivity index (χ2n) is 4.72. The van der Waals surface area contributed by atoms with Gasteiger partial charge in [-0.05, 0) is 25.1 Å². The molecule has 2 rings (SSSR count). The molecule has 0 unspecified atom stereocenters. The van der Waals surface area contributed by atoms with E-state index in [2.05, 4.69) is 4.72 Å². The first kappa shape index (κ1) is 16.2. The summed E-state index contributed by atoms with van der Waals surface area (Å²) in [6, 6.07) is 13.1. The van der Waals surface area contributed by atoms with E-state index in [0.29, 0.717) is 11.3 Å². The number of hydrogen-bond acceptors (Lipinski definition) is 4. The van der Waals surface area contributed by atoms with Gasteiger partial charge in [0.25, 0.3) is 0 Å². The topological polar surface area (TPSA) is 72.5 Å². The summed E-state index contributed by atoms with van der Waals surface area (Å²) in [6.45, 7) is 1.50. The maximum Gasteiger partial charge on any atom is 0.240 e. The van der Waals surface area contributed by atoms with Gasteiger partial charge in [0.1, 0.15) is 5.75 Å². The minimum atomic E-state index is -3.70. The number of ether oxygens (including phenoxy) is 1. The number of sulfonamides is 1. The molecule has 0 heterocycles. The van der Waals surface area contributed by atoms with Gasteiger partial charge >= 0.3 is 0 Å². The molecular formula is C16H17NO4S. The third kappa shape index (κ3) is 3.72. The summed E-state index contributed by atoms with van der Waals surface area (Å²) in [4.78, 5) is 11.4. The molecule has 0 aliphatic heterocycles. The average molecular weight is 319 g/mol. The van der Waals surface area contributed by atoms with Gasteiger partial charge in [-0.15, -0.1) is 0 Å². The summed E-state index contributed by atoms with van der Waals surface area (Å²) >= 11 is 0. The first-order valence-corrected chi connectivity index (χ1v) is 8.15. The van der Waals surface area contributed by atoms with Crippen molar-refractivity contribution in [1.82, 2.24) is 4.72 Å². The summed E-state index contributed by atoms with van der Waals surface area (Å²) in [7, 11) is -2.17. The number of nitrogens with one attached hydrogen (secondary N) is 1. The van der Waals surface area contributed by atoms with E-state index < -0.39 is 10.0 Å². The number of carbonyl (C=O) groups excluding carboxylic acids is 1. The standard InChI is InChI=1S/C16H17NO4S/c1-12(18)13-7-5-8-15(10-13)22(19,20)17-11-14-6-3-4-9-16(14)21-2/h3-10,17H,11H2,1-2H3. The fraction of sp³-hybridized carbons (Fsp3) is 0.188. The molecule has 116 valence electrons. The highest BCUT2D eigenvalue weighted by atomic mass is 32.2. The van der Waals surface area contributed by atoms with Crippen molar-refractivity contribution in [2.45, 2.75) is 18.4 Å². The Morgan fingerprint density at radius 1 is 1.14 bits per heavy atom. The van der Waals surface area contributed by atoms with E-state index in [1.54, 1.807) is 24.3 Å². The van der Waals surface area contributed by atoms with Crippen molar-refractivity contribution in [1.29, 1.82) is 0 Å². The number of Topliss-reactive ketones (excluding diaryl/α,β-unsaturated/α-hetero) is 1. The monoisotopic (exact) mass is 319 g/mol. The Bertz CT molecular complexity index is 784. The zero-order chi connectivity index (χ0) is 16.2. The molecule has 0 atom stereocenters. The van der Waals surface area contributed by atoms with Crippen LogP contribution in [0, 0.1) is 0 Å². The molecule has 5 nitrogen and oxygen atoms in total. The number of carbonyl (C=O) groups is 1. The molecule has 0 aliphatic carbocycles. The van der Waals surface area contributed by atoms with Gasteiger partial charge in [0.2, 0.25) is 10.0 Å². The molecule has 1 N–H and O–H groups in total. The number of hydrogen-bond donors (Lipinski definition) is 1. The number of methoxy groups -OCH3 is 1. The Labute approximate surface area is 130 Å². The van der Waals surface area contributed by atoms with Crippen LogP contribution in [0.5, 0.6) is 5.75 Å². The largest absolute Gasteiger partial charge is 0.496 e. The number of rotatable bonds is 6. The molecule has 0 spiro atoms. The predicted octanol–water partition coefficient (Wildman–Crippen LogP) is 2.38. The SMILES string of the molecule is COc1ccccc1CNS(=O)(=O)c1cccc(C(C)=O)c1. The fourth-order valence-electron chi connectivity index (χ4n) is 1.99. The summed E-state index contributed by atoms with van der Waals surface area (Å²) < 4.78 is 32.3. The molecule has 0 amide bonds. The predicted molar refractivity (Wildman–Crippen MR) is 83.5 cm³/mol. The van der Waals surface area contributed by atoms with Crippen LogP contribution in [0.1, 0.15) is 22.8 Å². The second kappa shape index (κ2) is 6.72. The maximum absolute atomic E-state index is 12.3. The zero-order valence-electron chi connectivity index (χ0n) is 12.4. The van der Waals surface area contributed by atoms with Gasteiger partial charge in [0.15, 0.2) is 5.78 Å². The third-order valence-electron chi connectivity index (χ3n) is 3.20. The Kier molecular flexibility index (Phi) is 4.95. The van der Waals surface area contributed by atoms with Gasteiger partial charge in [-0.1, -0.05) is 30.3 Å². The Hall–Kier alpha value is -2.18. The van der Waals surface area contributed by atoms with Crippen molar-refractivity contribution < 1.29 is 17.9 Å². The molecular weight excluding hydrogens is 302 g/mol. The van der Waals surface area contributed by atoms with Crippen molar-refractivity contribution in [2.24, 2.45) is 0 Å². The van der Waals surface area contributed by atoms with Gasteiger partial charge in [0.05, 0.1) is 12.0 Å². The molecule has 0 saturated heterocycles. The van der Waals surface area contributed by atoms with Crippen molar-refractivity contribution in [2.75, 3.05) is 7.11 Å². The molecule has 2 aromatic carbocycles. The van der Waals surface area contributed by atoms with Gasteiger partial charge in [-0.3, -0.25) is 4.79 Å². The smallest absolute Gasteiger partial charge is 0.240 e. The van der Waals surface area contributed by atoms with E-state index in [1.165, 1.54) is 26.2 Å². The minimum Gasteiger partial charge on any atom is -0.496 e. The molecule has 0 aliphatic rings. The fourth-order valence-corrected chi connectivity index (χ4v) is 3.04. The van der Waals surface area contributed by atoms with Crippen molar-refractivity contribution >= 4 is 15.8 Å². The summed E-state index contributed by atoms with van der Waals surface area (Å²) in [6.07, 6.45) is 0. The normalized spacial score (nSPS) is 11.2. The summed E-state index contributed by atoms with van der Waals surface area (Å²) in [5.41, 5.74) is 1.09. The summed E-state index contributed by atoms with van der Waals surface area (Å²) in [5, 5.41) is 0. The molecule has 0 bridgehead atoms. The van der Waals surface area contributed by atoms with E-state index in [-0.39, 0.29) is 17.2 Å². The lowest BCUT2D eigenvalue weighted by atomic mass is 10.2. The average Bonchev–Trinajstić information content (AvgIpc) is 2.53. The van der Waals surface area contributed by atoms with Gasteiger partial charge in [0, 0.05) is 17.7 Å².